The Morgan fingerprint density at radius 1 is 1.25 bits per heavy atom. The molecule has 20 heavy (non-hydrogen) atoms. The average Bonchev–Trinajstić information content (AvgIpc) is 2.95. The Balaban J connectivity index is 1.93. The van der Waals surface area contributed by atoms with Crippen LogP contribution in [0.2, 0.25) is 0 Å². The van der Waals surface area contributed by atoms with Crippen LogP contribution in [0, 0.1) is 0 Å². The molecule has 1 aromatic carbocycles. The van der Waals surface area contributed by atoms with Crippen LogP contribution >= 0.6 is 15.9 Å². The van der Waals surface area contributed by atoms with Crippen LogP contribution in [0.4, 0.5) is 0 Å². The van der Waals surface area contributed by atoms with Gasteiger partial charge in [-0.05, 0) is 25.0 Å². The number of halogens is 1. The number of aromatic nitrogens is 2. The van der Waals surface area contributed by atoms with E-state index in [2.05, 4.69) is 31.2 Å². The second kappa shape index (κ2) is 5.48. The predicted molar refractivity (Wildman–Crippen MR) is 82.0 cm³/mol. The van der Waals surface area contributed by atoms with Crippen molar-refractivity contribution < 1.29 is 4.79 Å². The zero-order valence-corrected chi connectivity index (χ0v) is 12.7. The number of benzene rings is 1. The molecule has 1 saturated carbocycles. The first-order chi connectivity index (χ1) is 9.74. The Morgan fingerprint density at radius 2 is 2.00 bits per heavy atom. The van der Waals surface area contributed by atoms with E-state index in [4.69, 9.17) is 0 Å². The van der Waals surface area contributed by atoms with E-state index in [1.165, 1.54) is 12.8 Å². The summed E-state index contributed by atoms with van der Waals surface area (Å²) in [5.74, 6) is -0.0579. The van der Waals surface area contributed by atoms with Gasteiger partial charge >= 0.3 is 0 Å². The summed E-state index contributed by atoms with van der Waals surface area (Å²) in [4.78, 5) is 21.1. The first-order valence-electron chi connectivity index (χ1n) is 6.82. The second-order valence-electron chi connectivity index (χ2n) is 5.30. The molecule has 2 aromatic rings. The van der Waals surface area contributed by atoms with Gasteiger partial charge in [0.1, 0.15) is 5.52 Å². The highest BCUT2D eigenvalue weighted by molar-refractivity contribution is 9.09. The number of carbonyl (C=O) groups is 1. The SMILES string of the molecule is O=C(NC1(CBr)CCCC1)c1cccc2nccnc12. The number of hydrogen-bond acceptors (Lipinski definition) is 3. The van der Waals surface area contributed by atoms with Gasteiger partial charge in [-0.2, -0.15) is 0 Å². The molecule has 0 atom stereocenters. The highest BCUT2D eigenvalue weighted by Gasteiger charge is 2.34. The minimum atomic E-state index is -0.110. The van der Waals surface area contributed by atoms with Crippen LogP contribution < -0.4 is 5.32 Å². The number of amides is 1. The molecule has 0 radical (unpaired) electrons. The Hall–Kier alpha value is -1.49. The molecule has 5 heteroatoms. The Bertz CT molecular complexity index is 633. The van der Waals surface area contributed by atoms with Crippen molar-refractivity contribution in [2.75, 3.05) is 5.33 Å². The molecule has 1 aromatic heterocycles. The molecular weight excluding hydrogens is 318 g/mol. The van der Waals surface area contributed by atoms with E-state index in [0.717, 1.165) is 23.7 Å². The van der Waals surface area contributed by atoms with Crippen molar-refractivity contribution in [2.45, 2.75) is 31.2 Å². The van der Waals surface area contributed by atoms with E-state index >= 15 is 0 Å². The molecule has 1 aliphatic rings. The van der Waals surface area contributed by atoms with E-state index in [1.807, 2.05) is 18.2 Å². The summed E-state index contributed by atoms with van der Waals surface area (Å²) in [5.41, 5.74) is 1.90. The lowest BCUT2D eigenvalue weighted by atomic mass is 9.99. The zero-order valence-electron chi connectivity index (χ0n) is 11.1. The second-order valence-corrected chi connectivity index (χ2v) is 5.87. The van der Waals surface area contributed by atoms with Gasteiger partial charge in [0.2, 0.25) is 0 Å². The van der Waals surface area contributed by atoms with Gasteiger partial charge < -0.3 is 5.32 Å². The summed E-state index contributed by atoms with van der Waals surface area (Å²) < 4.78 is 0. The summed E-state index contributed by atoms with van der Waals surface area (Å²) in [5, 5.41) is 3.99. The van der Waals surface area contributed by atoms with E-state index in [9.17, 15) is 4.79 Å². The molecule has 0 spiro atoms. The number of alkyl halides is 1. The monoisotopic (exact) mass is 333 g/mol. The van der Waals surface area contributed by atoms with Gasteiger partial charge in [0.25, 0.3) is 5.91 Å². The van der Waals surface area contributed by atoms with E-state index in [0.29, 0.717) is 11.1 Å². The van der Waals surface area contributed by atoms with Crippen molar-refractivity contribution in [3.8, 4) is 0 Å². The fourth-order valence-corrected chi connectivity index (χ4v) is 3.53. The van der Waals surface area contributed by atoms with Crippen LogP contribution in [-0.4, -0.2) is 26.7 Å². The van der Waals surface area contributed by atoms with Gasteiger partial charge in [0, 0.05) is 17.7 Å². The highest BCUT2D eigenvalue weighted by atomic mass is 79.9. The first-order valence-corrected chi connectivity index (χ1v) is 7.94. The number of nitrogens with zero attached hydrogens (tertiary/aromatic N) is 2. The van der Waals surface area contributed by atoms with Crippen LogP contribution in [0.15, 0.2) is 30.6 Å². The zero-order chi connectivity index (χ0) is 14.0. The molecule has 4 nitrogen and oxygen atoms in total. The molecular formula is C15H16BrN3O. The van der Waals surface area contributed by atoms with Crippen molar-refractivity contribution in [1.82, 2.24) is 15.3 Å². The lowest BCUT2D eigenvalue weighted by Crippen LogP contribution is -2.47. The van der Waals surface area contributed by atoms with Gasteiger partial charge in [-0.15, -0.1) is 0 Å². The molecule has 1 heterocycles. The molecule has 1 fully saturated rings. The fraction of sp³-hybridized carbons (Fsp3) is 0.400. The summed E-state index contributed by atoms with van der Waals surface area (Å²) in [6.45, 7) is 0. The minimum Gasteiger partial charge on any atom is -0.346 e. The molecule has 1 N–H and O–H groups in total. The normalized spacial score (nSPS) is 17.2. The molecule has 0 saturated heterocycles. The van der Waals surface area contributed by atoms with Crippen molar-refractivity contribution in [2.24, 2.45) is 0 Å². The summed E-state index contributed by atoms with van der Waals surface area (Å²) in [6.07, 6.45) is 7.65. The lowest BCUT2D eigenvalue weighted by molar-refractivity contribution is 0.0912. The topological polar surface area (TPSA) is 54.9 Å². The van der Waals surface area contributed by atoms with Gasteiger partial charge in [-0.25, -0.2) is 0 Å². The van der Waals surface area contributed by atoms with Crippen molar-refractivity contribution in [3.05, 3.63) is 36.2 Å². The third-order valence-electron chi connectivity index (χ3n) is 3.94. The van der Waals surface area contributed by atoms with E-state index in [-0.39, 0.29) is 11.4 Å². The predicted octanol–water partition coefficient (Wildman–Crippen LogP) is 3.07. The largest absolute Gasteiger partial charge is 0.346 e. The Labute approximate surface area is 126 Å². The van der Waals surface area contributed by atoms with Crippen molar-refractivity contribution >= 4 is 32.9 Å². The molecule has 104 valence electrons. The summed E-state index contributed by atoms with van der Waals surface area (Å²) in [7, 11) is 0. The highest BCUT2D eigenvalue weighted by Crippen LogP contribution is 2.31. The average molecular weight is 334 g/mol. The molecule has 3 rings (SSSR count). The number of rotatable bonds is 3. The maximum Gasteiger partial charge on any atom is 0.254 e. The molecule has 1 amide bonds. The van der Waals surface area contributed by atoms with E-state index in [1.54, 1.807) is 12.4 Å². The maximum atomic E-state index is 12.6. The Morgan fingerprint density at radius 3 is 2.75 bits per heavy atom. The standard InChI is InChI=1S/C15H16BrN3O/c16-10-15(6-1-2-7-15)19-14(20)11-4-3-5-12-13(11)18-9-8-17-12/h3-5,8-9H,1-2,6-7,10H2,(H,19,20). The van der Waals surface area contributed by atoms with Crippen LogP contribution in [0.5, 0.6) is 0 Å². The third kappa shape index (κ3) is 2.42. The quantitative estimate of drug-likeness (QED) is 0.878. The lowest BCUT2D eigenvalue weighted by Gasteiger charge is -2.28. The summed E-state index contributed by atoms with van der Waals surface area (Å²) >= 11 is 3.54. The van der Waals surface area contributed by atoms with Crippen LogP contribution in [0.1, 0.15) is 36.0 Å². The minimum absolute atomic E-state index is 0.0579. The van der Waals surface area contributed by atoms with E-state index < -0.39 is 0 Å². The van der Waals surface area contributed by atoms with Crippen molar-refractivity contribution in [3.63, 3.8) is 0 Å². The van der Waals surface area contributed by atoms with Crippen LogP contribution in [0.3, 0.4) is 0 Å². The first kappa shape index (κ1) is 13.5. The maximum absolute atomic E-state index is 12.6. The molecule has 1 aliphatic carbocycles. The van der Waals surface area contributed by atoms with Gasteiger partial charge in [-0.3, -0.25) is 14.8 Å². The smallest absolute Gasteiger partial charge is 0.254 e. The number of hydrogen-bond donors (Lipinski definition) is 1. The van der Waals surface area contributed by atoms with Crippen LogP contribution in [-0.2, 0) is 0 Å². The number of para-hydroxylation sites is 1. The molecule has 0 aliphatic heterocycles. The molecule has 0 unspecified atom stereocenters. The van der Waals surface area contributed by atoms with Crippen molar-refractivity contribution in [1.29, 1.82) is 0 Å². The third-order valence-corrected chi connectivity index (χ3v) is 5.01. The fourth-order valence-electron chi connectivity index (χ4n) is 2.83. The van der Waals surface area contributed by atoms with Crippen LogP contribution in [0.25, 0.3) is 11.0 Å². The molecule has 0 bridgehead atoms. The van der Waals surface area contributed by atoms with Gasteiger partial charge in [-0.1, -0.05) is 34.8 Å². The number of carbonyl (C=O) groups excluding carboxylic acids is 1. The van der Waals surface area contributed by atoms with Gasteiger partial charge in [0.15, 0.2) is 0 Å². The Kier molecular flexibility index (Phi) is 3.70. The number of fused-ring (bicyclic) bond motifs is 1. The number of nitrogens with one attached hydrogen (secondary N) is 1. The summed E-state index contributed by atoms with van der Waals surface area (Å²) in [6, 6.07) is 5.53. The van der Waals surface area contributed by atoms with Gasteiger partial charge in [0.05, 0.1) is 16.6 Å².